The van der Waals surface area contributed by atoms with Gasteiger partial charge >= 0.3 is 0 Å². The second-order valence-electron chi connectivity index (χ2n) is 5.05. The Morgan fingerprint density at radius 2 is 1.79 bits per heavy atom. The fourth-order valence-corrected chi connectivity index (χ4v) is 2.46. The lowest BCUT2D eigenvalue weighted by Crippen LogP contribution is -2.09. The predicted molar refractivity (Wildman–Crippen MR) is 77.8 cm³/mol. The van der Waals surface area contributed by atoms with Crippen molar-refractivity contribution < 1.29 is 4.39 Å². The molecule has 0 heterocycles. The fourth-order valence-electron chi connectivity index (χ4n) is 2.46. The van der Waals surface area contributed by atoms with Crippen LogP contribution in [0.2, 0.25) is 0 Å². The van der Waals surface area contributed by atoms with Crippen LogP contribution in [-0.4, -0.2) is 6.54 Å². The van der Waals surface area contributed by atoms with Gasteiger partial charge in [0.15, 0.2) is 0 Å². The number of aryl methyl sites for hydroxylation is 2. The van der Waals surface area contributed by atoms with Gasteiger partial charge in [-0.15, -0.1) is 0 Å². The normalized spacial score (nSPS) is 12.4. The van der Waals surface area contributed by atoms with Gasteiger partial charge < -0.3 is 5.73 Å². The highest BCUT2D eigenvalue weighted by atomic mass is 19.1. The molecule has 2 heteroatoms. The molecule has 0 saturated carbocycles. The molecule has 0 aliphatic heterocycles. The first-order valence-electron chi connectivity index (χ1n) is 6.64. The summed E-state index contributed by atoms with van der Waals surface area (Å²) in [5.41, 5.74) is 10.0. The summed E-state index contributed by atoms with van der Waals surface area (Å²) in [7, 11) is 0. The van der Waals surface area contributed by atoms with Gasteiger partial charge in [-0.05, 0) is 49.6 Å². The molecule has 0 spiro atoms. The van der Waals surface area contributed by atoms with Crippen molar-refractivity contribution in [2.24, 2.45) is 5.73 Å². The third-order valence-electron chi connectivity index (χ3n) is 3.48. The van der Waals surface area contributed by atoms with E-state index in [-0.39, 0.29) is 11.7 Å². The minimum atomic E-state index is -0.153. The van der Waals surface area contributed by atoms with Gasteiger partial charge in [0.05, 0.1) is 0 Å². The molecule has 2 rings (SSSR count). The fraction of sp³-hybridized carbons (Fsp3) is 0.294. The van der Waals surface area contributed by atoms with E-state index in [9.17, 15) is 4.39 Å². The van der Waals surface area contributed by atoms with Gasteiger partial charge in [0.25, 0.3) is 0 Å². The highest BCUT2D eigenvalue weighted by Crippen LogP contribution is 2.29. The van der Waals surface area contributed by atoms with Crippen LogP contribution in [0.1, 0.15) is 34.6 Å². The maximum Gasteiger partial charge on any atom is 0.126 e. The third-order valence-corrected chi connectivity index (χ3v) is 3.48. The summed E-state index contributed by atoms with van der Waals surface area (Å²) in [6.45, 7) is 4.50. The topological polar surface area (TPSA) is 26.0 Å². The van der Waals surface area contributed by atoms with Crippen LogP contribution in [-0.2, 0) is 0 Å². The molecule has 1 unspecified atom stereocenters. The molecule has 0 radical (unpaired) electrons. The number of nitrogens with two attached hydrogens (primary N) is 1. The lowest BCUT2D eigenvalue weighted by atomic mass is 9.87. The van der Waals surface area contributed by atoms with Crippen LogP contribution in [0, 0.1) is 19.7 Å². The summed E-state index contributed by atoms with van der Waals surface area (Å²) in [4.78, 5) is 0. The standard InChI is InChI=1S/C17H20FN/c1-12-4-3-5-14(10-12)16(8-9-19)15-6-7-17(18)13(2)11-15/h3-7,10-11,16H,8-9,19H2,1-2H3. The zero-order valence-corrected chi connectivity index (χ0v) is 11.5. The monoisotopic (exact) mass is 257 g/mol. The van der Waals surface area contributed by atoms with Crippen molar-refractivity contribution in [3.8, 4) is 0 Å². The van der Waals surface area contributed by atoms with Gasteiger partial charge in [-0.1, -0.05) is 42.0 Å². The van der Waals surface area contributed by atoms with Gasteiger partial charge in [0.1, 0.15) is 5.82 Å². The Hall–Kier alpha value is -1.67. The van der Waals surface area contributed by atoms with Gasteiger partial charge in [-0.3, -0.25) is 0 Å². The van der Waals surface area contributed by atoms with Crippen LogP contribution < -0.4 is 5.73 Å². The molecule has 0 aliphatic carbocycles. The van der Waals surface area contributed by atoms with Gasteiger partial charge in [-0.25, -0.2) is 4.39 Å². The van der Waals surface area contributed by atoms with Crippen LogP contribution >= 0.6 is 0 Å². The average Bonchev–Trinajstić information content (AvgIpc) is 2.39. The lowest BCUT2D eigenvalue weighted by Gasteiger charge is -2.18. The SMILES string of the molecule is Cc1cccc(C(CCN)c2ccc(F)c(C)c2)c1. The molecule has 2 N–H and O–H groups in total. The van der Waals surface area contributed by atoms with E-state index in [1.165, 1.54) is 11.1 Å². The maximum absolute atomic E-state index is 13.4. The lowest BCUT2D eigenvalue weighted by molar-refractivity contribution is 0.615. The van der Waals surface area contributed by atoms with Crippen molar-refractivity contribution in [3.05, 3.63) is 70.5 Å². The Labute approximate surface area is 114 Å². The molecule has 19 heavy (non-hydrogen) atoms. The van der Waals surface area contributed by atoms with Crippen molar-refractivity contribution in [3.63, 3.8) is 0 Å². The maximum atomic E-state index is 13.4. The molecule has 1 atom stereocenters. The number of rotatable bonds is 4. The van der Waals surface area contributed by atoms with Crippen LogP contribution in [0.4, 0.5) is 4.39 Å². The molecule has 0 saturated heterocycles. The number of halogens is 1. The first-order chi connectivity index (χ1) is 9.11. The smallest absolute Gasteiger partial charge is 0.126 e. The van der Waals surface area contributed by atoms with E-state index in [4.69, 9.17) is 5.73 Å². The summed E-state index contributed by atoms with van der Waals surface area (Å²) in [6.07, 6.45) is 0.870. The Morgan fingerprint density at radius 3 is 2.42 bits per heavy atom. The third kappa shape index (κ3) is 3.21. The van der Waals surface area contributed by atoms with Crippen molar-refractivity contribution >= 4 is 0 Å². The van der Waals surface area contributed by atoms with E-state index < -0.39 is 0 Å². The second-order valence-corrected chi connectivity index (χ2v) is 5.05. The van der Waals surface area contributed by atoms with Gasteiger partial charge in [0, 0.05) is 5.92 Å². The van der Waals surface area contributed by atoms with E-state index in [0.717, 1.165) is 12.0 Å². The molecule has 0 aliphatic rings. The summed E-state index contributed by atoms with van der Waals surface area (Å²) in [5, 5.41) is 0. The van der Waals surface area contributed by atoms with Crippen LogP contribution in [0.5, 0.6) is 0 Å². The Balaban J connectivity index is 2.42. The van der Waals surface area contributed by atoms with E-state index in [2.05, 4.69) is 31.2 Å². The quantitative estimate of drug-likeness (QED) is 0.882. The zero-order valence-electron chi connectivity index (χ0n) is 11.5. The minimum Gasteiger partial charge on any atom is -0.330 e. The van der Waals surface area contributed by atoms with Crippen molar-refractivity contribution in [2.75, 3.05) is 6.54 Å². The summed E-state index contributed by atoms with van der Waals surface area (Å²) >= 11 is 0. The Morgan fingerprint density at radius 1 is 1.05 bits per heavy atom. The number of hydrogen-bond acceptors (Lipinski definition) is 1. The molecular weight excluding hydrogens is 237 g/mol. The average molecular weight is 257 g/mol. The molecule has 0 aromatic heterocycles. The van der Waals surface area contributed by atoms with Crippen LogP contribution in [0.25, 0.3) is 0 Å². The van der Waals surface area contributed by atoms with Crippen molar-refractivity contribution in [1.82, 2.24) is 0 Å². The first-order valence-corrected chi connectivity index (χ1v) is 6.64. The van der Waals surface area contributed by atoms with Gasteiger partial charge in [-0.2, -0.15) is 0 Å². The Kier molecular flexibility index (Phi) is 4.33. The number of hydrogen-bond donors (Lipinski definition) is 1. The Bertz CT molecular complexity index is 563. The minimum absolute atomic E-state index is 0.153. The zero-order chi connectivity index (χ0) is 13.8. The molecule has 100 valence electrons. The predicted octanol–water partition coefficient (Wildman–Crippen LogP) is 3.92. The highest BCUT2D eigenvalue weighted by molar-refractivity contribution is 5.36. The van der Waals surface area contributed by atoms with E-state index >= 15 is 0 Å². The van der Waals surface area contributed by atoms with E-state index in [1.807, 2.05) is 12.1 Å². The molecule has 0 fully saturated rings. The van der Waals surface area contributed by atoms with Crippen molar-refractivity contribution in [1.29, 1.82) is 0 Å². The van der Waals surface area contributed by atoms with Crippen LogP contribution in [0.15, 0.2) is 42.5 Å². The molecule has 0 bridgehead atoms. The summed E-state index contributed by atoms with van der Waals surface area (Å²) < 4.78 is 13.4. The summed E-state index contributed by atoms with van der Waals surface area (Å²) in [5.74, 6) is 0.0868. The molecular formula is C17H20FN. The molecule has 0 amide bonds. The molecule has 1 nitrogen and oxygen atoms in total. The number of benzene rings is 2. The van der Waals surface area contributed by atoms with Crippen molar-refractivity contribution in [2.45, 2.75) is 26.2 Å². The largest absolute Gasteiger partial charge is 0.330 e. The highest BCUT2D eigenvalue weighted by Gasteiger charge is 2.14. The summed E-state index contributed by atoms with van der Waals surface area (Å²) in [6, 6.07) is 13.8. The molecule has 2 aromatic rings. The van der Waals surface area contributed by atoms with E-state index in [1.54, 1.807) is 13.0 Å². The molecule has 2 aromatic carbocycles. The first kappa shape index (κ1) is 13.8. The van der Waals surface area contributed by atoms with Crippen LogP contribution in [0.3, 0.4) is 0 Å². The second kappa shape index (κ2) is 5.98. The van der Waals surface area contributed by atoms with E-state index in [0.29, 0.717) is 12.1 Å². The van der Waals surface area contributed by atoms with Gasteiger partial charge in [0.2, 0.25) is 0 Å².